The summed E-state index contributed by atoms with van der Waals surface area (Å²) in [6.07, 6.45) is 8.98. The molecule has 25 heavy (non-hydrogen) atoms. The molecular weight excluding hydrogens is 326 g/mol. The number of aromatic nitrogens is 1. The van der Waals surface area contributed by atoms with Gasteiger partial charge >= 0.3 is 0 Å². The van der Waals surface area contributed by atoms with Crippen molar-refractivity contribution in [1.29, 1.82) is 0 Å². The van der Waals surface area contributed by atoms with Gasteiger partial charge in [-0.2, -0.15) is 11.8 Å². The number of nitrogens with zero attached hydrogens (tertiary/aromatic N) is 1. The third-order valence-electron chi connectivity index (χ3n) is 4.55. The predicted molar refractivity (Wildman–Crippen MR) is 112 cm³/mol. The summed E-state index contributed by atoms with van der Waals surface area (Å²) in [7, 11) is 0. The van der Waals surface area contributed by atoms with Crippen LogP contribution in [0, 0.1) is 6.92 Å². The van der Waals surface area contributed by atoms with Gasteiger partial charge in [-0.25, -0.2) is 0 Å². The van der Waals surface area contributed by atoms with Crippen LogP contribution >= 0.6 is 11.8 Å². The van der Waals surface area contributed by atoms with Gasteiger partial charge in [0.15, 0.2) is 0 Å². The minimum atomic E-state index is 0.787. The SMILES string of the molecule is CCCCCCCSCc1nc2ccccc2c(OCCCC)c1C. The van der Waals surface area contributed by atoms with Crippen molar-refractivity contribution in [2.24, 2.45) is 0 Å². The third-order valence-corrected chi connectivity index (χ3v) is 5.61. The Morgan fingerprint density at radius 3 is 2.52 bits per heavy atom. The first kappa shape index (κ1) is 20.1. The van der Waals surface area contributed by atoms with Gasteiger partial charge in [-0.05, 0) is 37.7 Å². The molecule has 3 heteroatoms. The van der Waals surface area contributed by atoms with E-state index in [4.69, 9.17) is 9.72 Å². The van der Waals surface area contributed by atoms with Gasteiger partial charge < -0.3 is 4.74 Å². The van der Waals surface area contributed by atoms with Crippen LogP contribution in [0.25, 0.3) is 10.9 Å². The molecule has 0 radical (unpaired) electrons. The second kappa shape index (κ2) is 11.4. The fraction of sp³-hybridized carbons (Fsp3) is 0.591. The maximum atomic E-state index is 6.15. The van der Waals surface area contributed by atoms with Crippen LogP contribution in [-0.2, 0) is 5.75 Å². The summed E-state index contributed by atoms with van der Waals surface area (Å²) in [5.41, 5.74) is 3.45. The summed E-state index contributed by atoms with van der Waals surface area (Å²) >= 11 is 2.01. The number of hydrogen-bond donors (Lipinski definition) is 0. The molecule has 0 aliphatic rings. The predicted octanol–water partition coefficient (Wildman–Crippen LogP) is 6.93. The largest absolute Gasteiger partial charge is 0.493 e. The fourth-order valence-electron chi connectivity index (χ4n) is 2.95. The number of pyridine rings is 1. The Kier molecular flexibility index (Phi) is 9.17. The Balaban J connectivity index is 2.02. The molecule has 2 aromatic rings. The van der Waals surface area contributed by atoms with E-state index in [2.05, 4.69) is 45.0 Å². The molecule has 0 fully saturated rings. The van der Waals surface area contributed by atoms with Gasteiger partial charge in [0.2, 0.25) is 0 Å². The summed E-state index contributed by atoms with van der Waals surface area (Å²) in [6, 6.07) is 8.35. The van der Waals surface area contributed by atoms with Crippen molar-refractivity contribution in [2.75, 3.05) is 12.4 Å². The van der Waals surface area contributed by atoms with Gasteiger partial charge in [-0.3, -0.25) is 4.98 Å². The summed E-state index contributed by atoms with van der Waals surface area (Å²) in [5.74, 6) is 3.25. The summed E-state index contributed by atoms with van der Waals surface area (Å²) < 4.78 is 6.15. The highest BCUT2D eigenvalue weighted by Crippen LogP contribution is 2.32. The highest BCUT2D eigenvalue weighted by molar-refractivity contribution is 7.98. The van der Waals surface area contributed by atoms with Crippen LogP contribution in [0.4, 0.5) is 0 Å². The standard InChI is InChI=1S/C22H33NOS/c1-4-6-8-9-12-16-25-17-21-18(3)22(24-15-7-5-2)19-13-10-11-14-20(19)23-21/h10-11,13-14H,4-9,12,15-17H2,1-3H3. The number of ether oxygens (including phenoxy) is 1. The topological polar surface area (TPSA) is 22.1 Å². The van der Waals surface area contributed by atoms with E-state index in [1.165, 1.54) is 49.1 Å². The number of para-hydroxylation sites is 1. The number of rotatable bonds is 12. The van der Waals surface area contributed by atoms with E-state index in [9.17, 15) is 0 Å². The molecule has 1 aromatic heterocycles. The molecule has 0 atom stereocenters. The van der Waals surface area contributed by atoms with Gasteiger partial charge in [0, 0.05) is 16.7 Å². The van der Waals surface area contributed by atoms with Crippen LogP contribution in [0.5, 0.6) is 5.75 Å². The Bertz CT molecular complexity index is 641. The van der Waals surface area contributed by atoms with Gasteiger partial charge in [0.1, 0.15) is 5.75 Å². The highest BCUT2D eigenvalue weighted by atomic mass is 32.2. The maximum absolute atomic E-state index is 6.15. The Morgan fingerprint density at radius 1 is 0.960 bits per heavy atom. The van der Waals surface area contributed by atoms with Crippen molar-refractivity contribution in [2.45, 2.75) is 71.5 Å². The van der Waals surface area contributed by atoms with Crippen molar-refractivity contribution in [3.8, 4) is 5.75 Å². The molecular formula is C22H33NOS. The van der Waals surface area contributed by atoms with Crippen molar-refractivity contribution in [3.63, 3.8) is 0 Å². The lowest BCUT2D eigenvalue weighted by Gasteiger charge is -2.15. The molecule has 0 spiro atoms. The van der Waals surface area contributed by atoms with E-state index in [1.807, 2.05) is 11.8 Å². The van der Waals surface area contributed by atoms with Crippen molar-refractivity contribution in [3.05, 3.63) is 35.5 Å². The maximum Gasteiger partial charge on any atom is 0.133 e. The third kappa shape index (κ3) is 6.22. The number of fused-ring (bicyclic) bond motifs is 1. The quantitative estimate of drug-likeness (QED) is 0.384. The average molecular weight is 360 g/mol. The van der Waals surface area contributed by atoms with Crippen LogP contribution in [-0.4, -0.2) is 17.3 Å². The number of unbranched alkanes of at least 4 members (excludes halogenated alkanes) is 5. The van der Waals surface area contributed by atoms with Crippen molar-refractivity contribution < 1.29 is 4.74 Å². The average Bonchev–Trinajstić information content (AvgIpc) is 2.63. The molecule has 0 aliphatic carbocycles. The lowest BCUT2D eigenvalue weighted by Crippen LogP contribution is -2.03. The molecule has 0 unspecified atom stereocenters. The normalized spacial score (nSPS) is 11.2. The van der Waals surface area contributed by atoms with E-state index < -0.39 is 0 Å². The lowest BCUT2D eigenvalue weighted by atomic mass is 10.1. The van der Waals surface area contributed by atoms with E-state index in [0.29, 0.717) is 0 Å². The lowest BCUT2D eigenvalue weighted by molar-refractivity contribution is 0.310. The van der Waals surface area contributed by atoms with Crippen LogP contribution in [0.2, 0.25) is 0 Å². The molecule has 2 nitrogen and oxygen atoms in total. The summed E-state index contributed by atoms with van der Waals surface area (Å²) in [4.78, 5) is 4.91. The molecule has 0 saturated heterocycles. The highest BCUT2D eigenvalue weighted by Gasteiger charge is 2.12. The molecule has 0 saturated carbocycles. The second-order valence-electron chi connectivity index (χ2n) is 6.70. The molecule has 0 aliphatic heterocycles. The van der Waals surface area contributed by atoms with Gasteiger partial charge in [0.05, 0.1) is 17.8 Å². The monoisotopic (exact) mass is 359 g/mol. The van der Waals surface area contributed by atoms with Crippen LogP contribution in [0.1, 0.15) is 70.1 Å². The van der Waals surface area contributed by atoms with Crippen LogP contribution in [0.15, 0.2) is 24.3 Å². The second-order valence-corrected chi connectivity index (χ2v) is 7.80. The minimum absolute atomic E-state index is 0.787. The molecule has 1 aromatic carbocycles. The number of thioether (sulfide) groups is 1. The first-order valence-corrected chi connectivity index (χ1v) is 11.0. The van der Waals surface area contributed by atoms with Crippen molar-refractivity contribution in [1.82, 2.24) is 4.98 Å². The number of hydrogen-bond acceptors (Lipinski definition) is 3. The van der Waals surface area contributed by atoms with E-state index in [1.54, 1.807) is 0 Å². The van der Waals surface area contributed by atoms with E-state index in [0.717, 1.165) is 41.9 Å². The minimum Gasteiger partial charge on any atom is -0.493 e. The van der Waals surface area contributed by atoms with E-state index >= 15 is 0 Å². The van der Waals surface area contributed by atoms with Crippen molar-refractivity contribution >= 4 is 22.7 Å². The van der Waals surface area contributed by atoms with E-state index in [-0.39, 0.29) is 0 Å². The smallest absolute Gasteiger partial charge is 0.133 e. The fourth-order valence-corrected chi connectivity index (χ4v) is 3.97. The zero-order valence-electron chi connectivity index (χ0n) is 16.1. The summed E-state index contributed by atoms with van der Waals surface area (Å²) in [6.45, 7) is 7.42. The Labute approximate surface area is 157 Å². The van der Waals surface area contributed by atoms with Gasteiger partial charge in [-0.1, -0.05) is 58.1 Å². The molecule has 0 amide bonds. The Morgan fingerprint density at radius 2 is 1.72 bits per heavy atom. The zero-order chi connectivity index (χ0) is 17.9. The van der Waals surface area contributed by atoms with Crippen LogP contribution < -0.4 is 4.74 Å². The molecule has 0 bridgehead atoms. The molecule has 0 N–H and O–H groups in total. The zero-order valence-corrected chi connectivity index (χ0v) is 17.0. The first-order valence-electron chi connectivity index (χ1n) is 9.86. The number of benzene rings is 1. The molecule has 138 valence electrons. The Hall–Kier alpha value is -1.22. The van der Waals surface area contributed by atoms with Gasteiger partial charge in [0.25, 0.3) is 0 Å². The molecule has 1 heterocycles. The first-order chi connectivity index (χ1) is 12.3. The summed E-state index contributed by atoms with van der Waals surface area (Å²) in [5, 5.41) is 1.14. The van der Waals surface area contributed by atoms with Gasteiger partial charge in [-0.15, -0.1) is 0 Å². The molecule has 2 rings (SSSR count). The van der Waals surface area contributed by atoms with Crippen LogP contribution in [0.3, 0.4) is 0 Å².